The number of hydrogen-bond donors (Lipinski definition) is 1. The first-order chi connectivity index (χ1) is 9.06. The van der Waals surface area contributed by atoms with Gasteiger partial charge >= 0.3 is 0 Å². The number of pyridine rings is 1. The fourth-order valence-corrected chi connectivity index (χ4v) is 1.84. The lowest BCUT2D eigenvalue weighted by atomic mass is 10.2. The van der Waals surface area contributed by atoms with Crippen molar-refractivity contribution in [3.05, 3.63) is 63.9 Å². The molecule has 0 bridgehead atoms. The minimum atomic E-state index is -0.687. The maximum atomic E-state index is 13.4. The van der Waals surface area contributed by atoms with E-state index >= 15 is 0 Å². The lowest BCUT2D eigenvalue weighted by Gasteiger charge is -2.06. The summed E-state index contributed by atoms with van der Waals surface area (Å²) in [5.74, 6) is -1.71. The van der Waals surface area contributed by atoms with Crippen LogP contribution in [0.4, 0.5) is 8.78 Å². The van der Waals surface area contributed by atoms with Crippen molar-refractivity contribution in [1.82, 2.24) is 10.3 Å². The molecule has 0 unspecified atom stereocenters. The molecule has 0 atom stereocenters. The minimum Gasteiger partial charge on any atom is -0.348 e. The highest BCUT2D eigenvalue weighted by Crippen LogP contribution is 2.11. The normalized spacial score (nSPS) is 10.3. The first-order valence-electron chi connectivity index (χ1n) is 5.39. The summed E-state index contributed by atoms with van der Waals surface area (Å²) in [5.41, 5.74) is 0.578. The predicted molar refractivity (Wildman–Crippen MR) is 69.5 cm³/mol. The highest BCUT2D eigenvalue weighted by atomic mass is 79.9. The number of amides is 1. The molecule has 1 aromatic carbocycles. The Kier molecular flexibility index (Phi) is 4.21. The van der Waals surface area contributed by atoms with Gasteiger partial charge in [-0.2, -0.15) is 0 Å². The molecule has 1 N–H and O–H groups in total. The summed E-state index contributed by atoms with van der Waals surface area (Å²) in [7, 11) is 0. The Hall–Kier alpha value is -1.82. The Morgan fingerprint density at radius 2 is 2.05 bits per heavy atom. The second-order valence-corrected chi connectivity index (χ2v) is 4.73. The van der Waals surface area contributed by atoms with Gasteiger partial charge in [-0.25, -0.2) is 8.78 Å². The largest absolute Gasteiger partial charge is 0.348 e. The molecule has 1 amide bonds. The molecule has 0 saturated heterocycles. The van der Waals surface area contributed by atoms with Crippen molar-refractivity contribution in [1.29, 1.82) is 0 Å². The van der Waals surface area contributed by atoms with Crippen LogP contribution in [0.5, 0.6) is 0 Å². The van der Waals surface area contributed by atoms with E-state index in [0.29, 0.717) is 10.0 Å². The van der Waals surface area contributed by atoms with Crippen molar-refractivity contribution < 1.29 is 13.6 Å². The summed E-state index contributed by atoms with van der Waals surface area (Å²) in [6.45, 7) is -0.0164. The van der Waals surface area contributed by atoms with Crippen LogP contribution in [0.15, 0.2) is 41.1 Å². The van der Waals surface area contributed by atoms with E-state index in [9.17, 15) is 13.6 Å². The highest BCUT2D eigenvalue weighted by Gasteiger charge is 2.08. The summed E-state index contributed by atoms with van der Waals surface area (Å²) in [4.78, 5) is 15.6. The maximum Gasteiger partial charge on any atom is 0.253 e. The quantitative estimate of drug-likeness (QED) is 0.941. The number of carbonyl (C=O) groups excluding carboxylic acids is 1. The van der Waals surface area contributed by atoms with Gasteiger partial charge in [0.05, 0.1) is 5.56 Å². The molecular weight excluding hydrogens is 318 g/mol. The van der Waals surface area contributed by atoms with Gasteiger partial charge in [0.15, 0.2) is 0 Å². The number of nitrogens with one attached hydrogen (secondary N) is 1. The van der Waals surface area contributed by atoms with Gasteiger partial charge in [0.2, 0.25) is 0 Å². The van der Waals surface area contributed by atoms with Crippen molar-refractivity contribution in [2.75, 3.05) is 0 Å². The van der Waals surface area contributed by atoms with Crippen molar-refractivity contribution in [2.24, 2.45) is 0 Å². The number of aromatic nitrogens is 1. The van der Waals surface area contributed by atoms with Crippen LogP contribution in [0.3, 0.4) is 0 Å². The van der Waals surface area contributed by atoms with Gasteiger partial charge in [-0.1, -0.05) is 6.07 Å². The average molecular weight is 327 g/mol. The van der Waals surface area contributed by atoms with Gasteiger partial charge in [-0.3, -0.25) is 9.78 Å². The van der Waals surface area contributed by atoms with E-state index in [4.69, 9.17) is 0 Å². The van der Waals surface area contributed by atoms with E-state index < -0.39 is 11.6 Å². The Balaban J connectivity index is 2.04. The van der Waals surface area contributed by atoms with E-state index in [0.717, 1.165) is 12.1 Å². The smallest absolute Gasteiger partial charge is 0.253 e. The summed E-state index contributed by atoms with van der Waals surface area (Å²) < 4.78 is 26.7. The van der Waals surface area contributed by atoms with Gasteiger partial charge in [0.25, 0.3) is 5.91 Å². The Morgan fingerprint density at radius 1 is 1.26 bits per heavy atom. The molecule has 2 rings (SSSR count). The Bertz CT molecular complexity index is 619. The molecule has 0 aliphatic rings. The summed E-state index contributed by atoms with van der Waals surface area (Å²) in [5, 5.41) is 2.54. The predicted octanol–water partition coefficient (Wildman–Crippen LogP) is 3.05. The number of hydrogen-bond acceptors (Lipinski definition) is 2. The number of nitrogens with zero attached hydrogens (tertiary/aromatic N) is 1. The molecule has 3 nitrogen and oxygen atoms in total. The summed E-state index contributed by atoms with van der Waals surface area (Å²) >= 11 is 3.20. The van der Waals surface area contributed by atoms with Crippen LogP contribution in [0, 0.1) is 11.6 Å². The van der Waals surface area contributed by atoms with Crippen molar-refractivity contribution >= 4 is 21.8 Å². The second-order valence-electron chi connectivity index (χ2n) is 3.81. The standard InChI is InChI=1S/C13H9BrF2N2O/c14-10-3-9(5-17-7-10)13(19)18-6-8-1-2-11(15)4-12(8)16/h1-5,7H,6H2,(H,18,19). The van der Waals surface area contributed by atoms with Crippen molar-refractivity contribution in [3.8, 4) is 0 Å². The number of rotatable bonds is 3. The number of carbonyl (C=O) groups is 1. The van der Waals surface area contributed by atoms with Gasteiger partial charge in [0, 0.05) is 35.0 Å². The maximum absolute atomic E-state index is 13.4. The fraction of sp³-hybridized carbons (Fsp3) is 0.0769. The molecule has 0 aliphatic carbocycles. The van der Waals surface area contributed by atoms with Crippen LogP contribution in [0.1, 0.15) is 15.9 Å². The van der Waals surface area contributed by atoms with E-state index in [1.165, 1.54) is 12.3 Å². The fourth-order valence-electron chi connectivity index (χ4n) is 1.48. The van der Waals surface area contributed by atoms with Crippen molar-refractivity contribution in [2.45, 2.75) is 6.54 Å². The SMILES string of the molecule is O=C(NCc1ccc(F)cc1F)c1cncc(Br)c1. The first-order valence-corrected chi connectivity index (χ1v) is 6.18. The zero-order valence-corrected chi connectivity index (χ0v) is 11.2. The average Bonchev–Trinajstić information content (AvgIpc) is 2.37. The minimum absolute atomic E-state index is 0.0164. The topological polar surface area (TPSA) is 42.0 Å². The van der Waals surface area contributed by atoms with Crippen LogP contribution in [-0.4, -0.2) is 10.9 Å². The van der Waals surface area contributed by atoms with Crippen LogP contribution < -0.4 is 5.32 Å². The molecule has 6 heteroatoms. The third-order valence-electron chi connectivity index (χ3n) is 2.42. The molecule has 2 aromatic rings. The van der Waals surface area contributed by atoms with Gasteiger partial charge in [-0.05, 0) is 28.1 Å². The molecule has 0 saturated carbocycles. The van der Waals surface area contributed by atoms with E-state index in [-0.39, 0.29) is 18.0 Å². The lowest BCUT2D eigenvalue weighted by molar-refractivity contribution is 0.0950. The Morgan fingerprint density at radius 3 is 2.74 bits per heavy atom. The molecule has 0 radical (unpaired) electrons. The van der Waals surface area contributed by atoms with Crippen LogP contribution in [0.25, 0.3) is 0 Å². The van der Waals surface area contributed by atoms with Crippen molar-refractivity contribution in [3.63, 3.8) is 0 Å². The van der Waals surface area contributed by atoms with E-state index in [1.807, 2.05) is 0 Å². The van der Waals surface area contributed by atoms with Gasteiger partial charge < -0.3 is 5.32 Å². The van der Waals surface area contributed by atoms with Gasteiger partial charge in [-0.15, -0.1) is 0 Å². The zero-order valence-electron chi connectivity index (χ0n) is 9.66. The zero-order chi connectivity index (χ0) is 13.8. The highest BCUT2D eigenvalue weighted by molar-refractivity contribution is 9.10. The van der Waals surface area contributed by atoms with Crippen LogP contribution in [0.2, 0.25) is 0 Å². The molecule has 1 heterocycles. The summed E-state index contributed by atoms with van der Waals surface area (Å²) in [6.07, 6.45) is 2.96. The lowest BCUT2D eigenvalue weighted by Crippen LogP contribution is -2.23. The van der Waals surface area contributed by atoms with E-state index in [2.05, 4.69) is 26.2 Å². The molecule has 1 aromatic heterocycles. The molecule has 19 heavy (non-hydrogen) atoms. The summed E-state index contributed by atoms with van der Waals surface area (Å²) in [6, 6.07) is 4.82. The molecule has 0 fully saturated rings. The third-order valence-corrected chi connectivity index (χ3v) is 2.86. The molecular formula is C13H9BrF2N2O. The molecule has 0 spiro atoms. The van der Waals surface area contributed by atoms with Gasteiger partial charge in [0.1, 0.15) is 11.6 Å². The Labute approximate surface area is 116 Å². The second kappa shape index (κ2) is 5.88. The molecule has 98 valence electrons. The third kappa shape index (κ3) is 3.57. The molecule has 0 aliphatic heterocycles. The number of halogens is 3. The van der Waals surface area contributed by atoms with E-state index in [1.54, 1.807) is 12.3 Å². The van der Waals surface area contributed by atoms with Crippen LogP contribution >= 0.6 is 15.9 Å². The van der Waals surface area contributed by atoms with Crippen LogP contribution in [-0.2, 0) is 6.54 Å². The number of benzene rings is 1. The monoisotopic (exact) mass is 326 g/mol. The first kappa shape index (κ1) is 13.6.